The van der Waals surface area contributed by atoms with Crippen LogP contribution in [-0.4, -0.2) is 24.4 Å². The third-order valence-electron chi connectivity index (χ3n) is 1.85. The van der Waals surface area contributed by atoms with Crippen molar-refractivity contribution in [1.82, 2.24) is 10.6 Å². The van der Waals surface area contributed by atoms with Gasteiger partial charge in [0.2, 0.25) is 11.8 Å². The smallest absolute Gasteiger partial charge is 0.222 e. The van der Waals surface area contributed by atoms with Crippen molar-refractivity contribution in [1.29, 1.82) is 0 Å². The summed E-state index contributed by atoms with van der Waals surface area (Å²) in [7, 11) is 0. The molecule has 1 aliphatic rings. The lowest BCUT2D eigenvalue weighted by molar-refractivity contribution is -0.124. The van der Waals surface area contributed by atoms with Crippen molar-refractivity contribution in [3.05, 3.63) is 0 Å². The van der Waals surface area contributed by atoms with Crippen LogP contribution in [0, 0.1) is 5.92 Å². The standard InChI is InChI=1S/C8H14N2O2/c1-5(2)8(12)10-6-3-7(11)9-4-6/h5-6H,3-4H2,1-2H3,(H,9,11)(H,10,12). The van der Waals surface area contributed by atoms with Gasteiger partial charge < -0.3 is 10.6 Å². The molecule has 1 fully saturated rings. The summed E-state index contributed by atoms with van der Waals surface area (Å²) in [4.78, 5) is 21.9. The Morgan fingerprint density at radius 3 is 2.75 bits per heavy atom. The lowest BCUT2D eigenvalue weighted by atomic mass is 10.2. The van der Waals surface area contributed by atoms with E-state index in [0.717, 1.165) is 0 Å². The normalized spacial score (nSPS) is 22.6. The fraction of sp³-hybridized carbons (Fsp3) is 0.750. The summed E-state index contributed by atoms with van der Waals surface area (Å²) in [5.41, 5.74) is 0. The second-order valence-corrected chi connectivity index (χ2v) is 3.37. The van der Waals surface area contributed by atoms with Crippen molar-refractivity contribution < 1.29 is 9.59 Å². The van der Waals surface area contributed by atoms with Gasteiger partial charge in [0.25, 0.3) is 0 Å². The molecule has 0 aliphatic carbocycles. The molecule has 12 heavy (non-hydrogen) atoms. The molecule has 68 valence electrons. The minimum absolute atomic E-state index is 0.00704. The molecule has 0 spiro atoms. The molecule has 0 radical (unpaired) electrons. The van der Waals surface area contributed by atoms with Gasteiger partial charge in [0, 0.05) is 18.9 Å². The highest BCUT2D eigenvalue weighted by molar-refractivity contribution is 5.82. The largest absolute Gasteiger partial charge is 0.354 e. The molecule has 0 aromatic carbocycles. The number of hydrogen-bond donors (Lipinski definition) is 2. The van der Waals surface area contributed by atoms with E-state index >= 15 is 0 Å². The average Bonchev–Trinajstić information content (AvgIpc) is 2.35. The van der Waals surface area contributed by atoms with Gasteiger partial charge in [0.1, 0.15) is 0 Å². The maximum Gasteiger partial charge on any atom is 0.222 e. The zero-order chi connectivity index (χ0) is 9.14. The highest BCUT2D eigenvalue weighted by atomic mass is 16.2. The molecular weight excluding hydrogens is 156 g/mol. The van der Waals surface area contributed by atoms with Gasteiger partial charge in [-0.25, -0.2) is 0 Å². The van der Waals surface area contributed by atoms with Crippen LogP contribution in [0.1, 0.15) is 20.3 Å². The van der Waals surface area contributed by atoms with Gasteiger partial charge in [-0.2, -0.15) is 0 Å². The van der Waals surface area contributed by atoms with Crippen LogP contribution in [-0.2, 0) is 9.59 Å². The van der Waals surface area contributed by atoms with Gasteiger partial charge in [-0.15, -0.1) is 0 Å². The van der Waals surface area contributed by atoms with Gasteiger partial charge in [-0.05, 0) is 0 Å². The molecule has 4 heteroatoms. The summed E-state index contributed by atoms with van der Waals surface area (Å²) in [6, 6.07) is -0.00704. The van der Waals surface area contributed by atoms with Crippen molar-refractivity contribution in [2.75, 3.05) is 6.54 Å². The number of nitrogens with one attached hydrogen (secondary N) is 2. The van der Waals surface area contributed by atoms with Crippen LogP contribution in [0.2, 0.25) is 0 Å². The summed E-state index contributed by atoms with van der Waals surface area (Å²) in [5, 5.41) is 5.45. The predicted octanol–water partition coefficient (Wildman–Crippen LogP) is -0.353. The second-order valence-electron chi connectivity index (χ2n) is 3.37. The molecule has 0 bridgehead atoms. The van der Waals surface area contributed by atoms with E-state index in [1.165, 1.54) is 0 Å². The maximum atomic E-state index is 11.2. The second kappa shape index (κ2) is 3.56. The SMILES string of the molecule is CC(C)C(=O)NC1CNC(=O)C1. The molecule has 2 N–H and O–H groups in total. The number of rotatable bonds is 2. The summed E-state index contributed by atoms with van der Waals surface area (Å²) in [6.07, 6.45) is 0.415. The Morgan fingerprint density at radius 1 is 1.67 bits per heavy atom. The Bertz CT molecular complexity index is 201. The number of carbonyl (C=O) groups is 2. The van der Waals surface area contributed by atoms with Gasteiger partial charge in [-0.3, -0.25) is 9.59 Å². The van der Waals surface area contributed by atoms with Crippen LogP contribution in [0.15, 0.2) is 0 Å². The minimum atomic E-state index is -0.0132. The van der Waals surface area contributed by atoms with E-state index in [2.05, 4.69) is 10.6 Å². The van der Waals surface area contributed by atoms with Gasteiger partial charge >= 0.3 is 0 Å². The molecule has 1 unspecified atom stereocenters. The van der Waals surface area contributed by atoms with Crippen molar-refractivity contribution in [2.45, 2.75) is 26.3 Å². The van der Waals surface area contributed by atoms with Crippen molar-refractivity contribution >= 4 is 11.8 Å². The maximum absolute atomic E-state index is 11.2. The van der Waals surface area contributed by atoms with Gasteiger partial charge in [-0.1, -0.05) is 13.8 Å². The molecule has 2 amide bonds. The quantitative estimate of drug-likeness (QED) is 0.595. The Kier molecular flexibility index (Phi) is 2.68. The summed E-state index contributed by atoms with van der Waals surface area (Å²) >= 11 is 0. The van der Waals surface area contributed by atoms with Gasteiger partial charge in [0.15, 0.2) is 0 Å². The summed E-state index contributed by atoms with van der Waals surface area (Å²) in [5.74, 6) is 0.0151. The van der Waals surface area contributed by atoms with E-state index in [-0.39, 0.29) is 23.8 Å². The van der Waals surface area contributed by atoms with E-state index in [9.17, 15) is 9.59 Å². The van der Waals surface area contributed by atoms with E-state index in [0.29, 0.717) is 13.0 Å². The van der Waals surface area contributed by atoms with E-state index < -0.39 is 0 Å². The lowest BCUT2D eigenvalue weighted by Gasteiger charge is -2.11. The Hall–Kier alpha value is -1.06. The van der Waals surface area contributed by atoms with E-state index in [1.807, 2.05) is 13.8 Å². The van der Waals surface area contributed by atoms with Crippen molar-refractivity contribution in [3.63, 3.8) is 0 Å². The fourth-order valence-corrected chi connectivity index (χ4v) is 1.08. The average molecular weight is 170 g/mol. The molecule has 1 saturated heterocycles. The molecule has 0 aromatic rings. The summed E-state index contributed by atoms with van der Waals surface area (Å²) < 4.78 is 0. The van der Waals surface area contributed by atoms with Crippen molar-refractivity contribution in [2.24, 2.45) is 5.92 Å². The molecule has 4 nitrogen and oxygen atoms in total. The van der Waals surface area contributed by atoms with Crippen LogP contribution in [0.4, 0.5) is 0 Å². The van der Waals surface area contributed by atoms with Gasteiger partial charge in [0.05, 0.1) is 6.04 Å². The van der Waals surface area contributed by atoms with Crippen LogP contribution in [0.5, 0.6) is 0 Å². The van der Waals surface area contributed by atoms with Crippen LogP contribution in [0.25, 0.3) is 0 Å². The van der Waals surface area contributed by atoms with Crippen LogP contribution >= 0.6 is 0 Å². The number of amides is 2. The highest BCUT2D eigenvalue weighted by Gasteiger charge is 2.23. The first-order valence-electron chi connectivity index (χ1n) is 4.16. The highest BCUT2D eigenvalue weighted by Crippen LogP contribution is 2.01. The zero-order valence-electron chi connectivity index (χ0n) is 7.39. The molecule has 0 saturated carbocycles. The third-order valence-corrected chi connectivity index (χ3v) is 1.85. The topological polar surface area (TPSA) is 58.2 Å². The first-order valence-corrected chi connectivity index (χ1v) is 4.16. The molecule has 1 aliphatic heterocycles. The van der Waals surface area contributed by atoms with E-state index in [1.54, 1.807) is 0 Å². The van der Waals surface area contributed by atoms with Crippen molar-refractivity contribution in [3.8, 4) is 0 Å². The zero-order valence-corrected chi connectivity index (χ0v) is 7.39. The Morgan fingerprint density at radius 2 is 2.33 bits per heavy atom. The first-order chi connectivity index (χ1) is 5.59. The Labute approximate surface area is 71.7 Å². The minimum Gasteiger partial charge on any atom is -0.354 e. The Balaban J connectivity index is 2.32. The molecule has 1 heterocycles. The molecule has 0 aromatic heterocycles. The predicted molar refractivity (Wildman–Crippen MR) is 44.4 cm³/mol. The number of carbonyl (C=O) groups excluding carboxylic acids is 2. The monoisotopic (exact) mass is 170 g/mol. The molecule has 1 atom stereocenters. The molecule has 1 rings (SSSR count). The van der Waals surface area contributed by atoms with E-state index in [4.69, 9.17) is 0 Å². The van der Waals surface area contributed by atoms with Crippen LogP contribution in [0.3, 0.4) is 0 Å². The first kappa shape index (κ1) is 9.03. The van der Waals surface area contributed by atoms with Crippen LogP contribution < -0.4 is 10.6 Å². The fourth-order valence-electron chi connectivity index (χ4n) is 1.08. The summed E-state index contributed by atoms with van der Waals surface area (Å²) in [6.45, 7) is 4.23. The third kappa shape index (κ3) is 2.22. The number of hydrogen-bond acceptors (Lipinski definition) is 2. The molecular formula is C8H14N2O2. The lowest BCUT2D eigenvalue weighted by Crippen LogP contribution is -2.38.